The molecule has 294 valence electrons. The number of nitrogens with zero attached hydrogens (tertiary/aromatic N) is 1. The van der Waals surface area contributed by atoms with Gasteiger partial charge in [-0.1, -0.05) is 194 Å². The van der Waals surface area contributed by atoms with Crippen molar-refractivity contribution in [2.75, 3.05) is 4.90 Å². The van der Waals surface area contributed by atoms with E-state index >= 15 is 0 Å². The fraction of sp³-hybridized carbons (Fsp3) is 0.0164. The van der Waals surface area contributed by atoms with Crippen molar-refractivity contribution in [1.29, 1.82) is 0 Å². The second-order valence-electron chi connectivity index (χ2n) is 16.7. The van der Waals surface area contributed by atoms with Gasteiger partial charge in [0.15, 0.2) is 0 Å². The number of anilines is 3. The second kappa shape index (κ2) is 13.9. The summed E-state index contributed by atoms with van der Waals surface area (Å²) < 4.78 is 6.42. The smallest absolute Gasteiger partial charge is 0.137 e. The summed E-state index contributed by atoms with van der Waals surface area (Å²) >= 11 is 0. The molecule has 0 amide bonds. The fourth-order valence-corrected chi connectivity index (χ4v) is 10.9. The average Bonchev–Trinajstić information content (AvgIpc) is 4.00. The molecule has 2 aliphatic carbocycles. The van der Waals surface area contributed by atoms with Crippen LogP contribution < -0.4 is 4.90 Å². The zero-order valence-corrected chi connectivity index (χ0v) is 34.4. The number of furan rings is 1. The van der Waals surface area contributed by atoms with Crippen molar-refractivity contribution in [3.8, 4) is 55.6 Å². The quantitative estimate of drug-likeness (QED) is 0.167. The van der Waals surface area contributed by atoms with E-state index in [0.717, 1.165) is 44.6 Å². The summed E-state index contributed by atoms with van der Waals surface area (Å²) in [7, 11) is 0. The Bertz CT molecular complexity index is 3510. The highest BCUT2D eigenvalue weighted by Crippen LogP contribution is 2.64. The first-order valence-electron chi connectivity index (χ1n) is 21.8. The molecule has 2 nitrogen and oxygen atoms in total. The van der Waals surface area contributed by atoms with Crippen LogP contribution in [0.3, 0.4) is 0 Å². The summed E-state index contributed by atoms with van der Waals surface area (Å²) in [5.41, 5.74) is 22.4. The highest BCUT2D eigenvalue weighted by atomic mass is 16.3. The third-order valence-electron chi connectivity index (χ3n) is 13.5. The number of benzene rings is 10. The normalized spacial score (nSPS) is 12.9. The molecule has 0 N–H and O–H groups in total. The van der Waals surface area contributed by atoms with Crippen LogP contribution in [0.4, 0.5) is 17.1 Å². The third kappa shape index (κ3) is 5.19. The molecule has 1 spiro atoms. The van der Waals surface area contributed by atoms with Gasteiger partial charge in [0.05, 0.1) is 16.5 Å². The number of rotatable bonds is 6. The van der Waals surface area contributed by atoms with Crippen molar-refractivity contribution in [3.05, 3.63) is 259 Å². The zero-order valence-electron chi connectivity index (χ0n) is 34.4. The maximum absolute atomic E-state index is 6.42. The SMILES string of the molecule is c1ccc(-c2ccc(N(c3ccc(-c4ccccc4-c4cccc5c4-c4ccccc4C54c5ccccc5-c5ccccc54)cc3)c3cccc4oc5ccccc5c34)cc2)cc1. The Labute approximate surface area is 366 Å². The van der Waals surface area contributed by atoms with E-state index in [-0.39, 0.29) is 0 Å². The molecule has 0 bridgehead atoms. The monoisotopic (exact) mass is 801 g/mol. The Balaban J connectivity index is 0.963. The van der Waals surface area contributed by atoms with Crippen molar-refractivity contribution in [3.63, 3.8) is 0 Å². The van der Waals surface area contributed by atoms with E-state index in [9.17, 15) is 0 Å². The van der Waals surface area contributed by atoms with Gasteiger partial charge in [0.25, 0.3) is 0 Å². The standard InChI is InChI=1S/C61H39NO/c1-2-16-40(17-3-1)41-32-36-43(37-33-41)62(56-29-15-31-58-60(56)51-23-9-13-30-57(51)63-58)44-38-34-42(35-39-44)45-18-4-5-19-46(45)49-24-14-28-55-59(49)50-22-8-12-27-54(50)61(55)52-25-10-6-20-47(52)48-21-7-11-26-53(48)61/h1-39H. The lowest BCUT2D eigenvalue weighted by Gasteiger charge is -2.30. The highest BCUT2D eigenvalue weighted by Gasteiger charge is 2.52. The summed E-state index contributed by atoms with van der Waals surface area (Å²) in [5, 5.41) is 2.20. The van der Waals surface area contributed by atoms with Crippen molar-refractivity contribution in [2.45, 2.75) is 5.41 Å². The number of hydrogen-bond donors (Lipinski definition) is 0. The van der Waals surface area contributed by atoms with Gasteiger partial charge in [-0.05, 0) is 120 Å². The molecule has 0 saturated heterocycles. The topological polar surface area (TPSA) is 16.4 Å². The van der Waals surface area contributed by atoms with E-state index in [1.54, 1.807) is 0 Å². The van der Waals surface area contributed by atoms with Gasteiger partial charge in [-0.15, -0.1) is 0 Å². The van der Waals surface area contributed by atoms with E-state index in [1.807, 2.05) is 6.07 Å². The average molecular weight is 802 g/mol. The molecule has 1 aromatic heterocycles. The van der Waals surface area contributed by atoms with Gasteiger partial charge in [-0.2, -0.15) is 0 Å². The highest BCUT2D eigenvalue weighted by molar-refractivity contribution is 6.13. The molecule has 2 aliphatic rings. The predicted octanol–water partition coefficient (Wildman–Crippen LogP) is 16.4. The van der Waals surface area contributed by atoms with Gasteiger partial charge in [-0.3, -0.25) is 0 Å². The third-order valence-corrected chi connectivity index (χ3v) is 13.5. The van der Waals surface area contributed by atoms with Crippen LogP contribution in [0, 0.1) is 0 Å². The van der Waals surface area contributed by atoms with E-state index in [4.69, 9.17) is 4.42 Å². The van der Waals surface area contributed by atoms with Crippen LogP contribution >= 0.6 is 0 Å². The van der Waals surface area contributed by atoms with Crippen molar-refractivity contribution in [2.24, 2.45) is 0 Å². The molecule has 10 aromatic carbocycles. The summed E-state index contributed by atoms with van der Waals surface area (Å²) in [4.78, 5) is 2.37. The van der Waals surface area contributed by atoms with E-state index < -0.39 is 5.41 Å². The molecule has 13 rings (SSSR count). The van der Waals surface area contributed by atoms with Crippen LogP contribution in [0.25, 0.3) is 77.6 Å². The van der Waals surface area contributed by atoms with Crippen LogP contribution in [0.15, 0.2) is 241 Å². The Morgan fingerprint density at radius 2 is 0.778 bits per heavy atom. The second-order valence-corrected chi connectivity index (χ2v) is 16.7. The van der Waals surface area contributed by atoms with Gasteiger partial charge in [0, 0.05) is 16.8 Å². The van der Waals surface area contributed by atoms with Gasteiger partial charge in [0.1, 0.15) is 11.2 Å². The zero-order chi connectivity index (χ0) is 41.5. The number of fused-ring (bicyclic) bond motifs is 13. The van der Waals surface area contributed by atoms with Crippen LogP contribution in [0.5, 0.6) is 0 Å². The summed E-state index contributed by atoms with van der Waals surface area (Å²) in [6, 6.07) is 86.3. The Morgan fingerprint density at radius 3 is 1.48 bits per heavy atom. The first-order valence-corrected chi connectivity index (χ1v) is 21.8. The van der Waals surface area contributed by atoms with E-state index in [2.05, 4.69) is 235 Å². The summed E-state index contributed by atoms with van der Waals surface area (Å²) in [6.45, 7) is 0. The molecule has 0 aliphatic heterocycles. The lowest BCUT2D eigenvalue weighted by atomic mass is 9.70. The van der Waals surface area contributed by atoms with Crippen molar-refractivity contribution < 1.29 is 4.42 Å². The first-order chi connectivity index (χ1) is 31.3. The summed E-state index contributed by atoms with van der Waals surface area (Å²) in [5.74, 6) is 0. The minimum absolute atomic E-state index is 0.391. The molecule has 1 heterocycles. The van der Waals surface area contributed by atoms with Gasteiger partial charge in [-0.25, -0.2) is 0 Å². The predicted molar refractivity (Wildman–Crippen MR) is 261 cm³/mol. The number of para-hydroxylation sites is 1. The van der Waals surface area contributed by atoms with Gasteiger partial charge >= 0.3 is 0 Å². The Hall–Kier alpha value is -8.20. The molecule has 0 radical (unpaired) electrons. The largest absolute Gasteiger partial charge is 0.456 e. The fourth-order valence-electron chi connectivity index (χ4n) is 10.9. The molecule has 2 heteroatoms. The number of hydrogen-bond acceptors (Lipinski definition) is 2. The van der Waals surface area contributed by atoms with E-state index in [0.29, 0.717) is 0 Å². The molecule has 0 unspecified atom stereocenters. The summed E-state index contributed by atoms with van der Waals surface area (Å²) in [6.07, 6.45) is 0. The molecule has 63 heavy (non-hydrogen) atoms. The van der Waals surface area contributed by atoms with Crippen LogP contribution in [-0.4, -0.2) is 0 Å². The minimum Gasteiger partial charge on any atom is -0.456 e. The maximum Gasteiger partial charge on any atom is 0.137 e. The van der Waals surface area contributed by atoms with Crippen molar-refractivity contribution in [1.82, 2.24) is 0 Å². The van der Waals surface area contributed by atoms with Gasteiger partial charge in [0.2, 0.25) is 0 Å². The van der Waals surface area contributed by atoms with Crippen LogP contribution in [0.1, 0.15) is 22.3 Å². The minimum atomic E-state index is -0.391. The van der Waals surface area contributed by atoms with Gasteiger partial charge < -0.3 is 9.32 Å². The van der Waals surface area contributed by atoms with Crippen LogP contribution in [-0.2, 0) is 5.41 Å². The maximum atomic E-state index is 6.42. The molecular formula is C61H39NO. The lowest BCUT2D eigenvalue weighted by Crippen LogP contribution is -2.25. The Morgan fingerprint density at radius 1 is 0.302 bits per heavy atom. The van der Waals surface area contributed by atoms with E-state index in [1.165, 1.54) is 72.3 Å². The molecule has 0 saturated carbocycles. The molecule has 11 aromatic rings. The Kier molecular flexibility index (Phi) is 7.85. The molecule has 0 atom stereocenters. The molecule has 0 fully saturated rings. The van der Waals surface area contributed by atoms with Crippen molar-refractivity contribution >= 4 is 39.0 Å². The molecular weight excluding hydrogens is 763 g/mol. The first kappa shape index (κ1) is 35.5. The lowest BCUT2D eigenvalue weighted by molar-refractivity contribution is 0.669. The van der Waals surface area contributed by atoms with Crippen LogP contribution in [0.2, 0.25) is 0 Å².